The third-order valence-corrected chi connectivity index (χ3v) is 2.00. The highest BCUT2D eigenvalue weighted by Gasteiger charge is 2.07. The molecule has 2 rings (SSSR count). The molecule has 0 aliphatic heterocycles. The maximum absolute atomic E-state index is 10.5. The van der Waals surface area contributed by atoms with E-state index in [0.29, 0.717) is 5.57 Å². The zero-order valence-corrected chi connectivity index (χ0v) is 7.53. The van der Waals surface area contributed by atoms with Crippen molar-refractivity contribution in [1.29, 1.82) is 0 Å². The summed E-state index contributed by atoms with van der Waals surface area (Å²) in [6.45, 7) is 0. The van der Waals surface area contributed by atoms with E-state index in [9.17, 15) is 4.79 Å². The smallest absolute Gasteiger partial charge is 0.128 e. The van der Waals surface area contributed by atoms with Gasteiger partial charge in [0.1, 0.15) is 5.94 Å². The van der Waals surface area contributed by atoms with E-state index in [1.54, 1.807) is 12.5 Å². The summed E-state index contributed by atoms with van der Waals surface area (Å²) in [5.41, 5.74) is 2.55. The Hall–Kier alpha value is -1.85. The highest BCUT2D eigenvalue weighted by atomic mass is 16.1. The molecule has 0 bridgehead atoms. The molecule has 0 heterocycles. The molecule has 1 aliphatic rings. The Morgan fingerprint density at radius 3 is 2.93 bits per heavy atom. The molecule has 0 saturated carbocycles. The first kappa shape index (κ1) is 8.74. The zero-order valence-electron chi connectivity index (χ0n) is 7.53. The van der Waals surface area contributed by atoms with E-state index in [0.717, 1.165) is 11.1 Å². The van der Waals surface area contributed by atoms with Crippen LogP contribution < -0.4 is 0 Å². The fourth-order valence-electron chi connectivity index (χ4n) is 1.32. The van der Waals surface area contributed by atoms with Crippen LogP contribution in [-0.2, 0) is 4.79 Å². The molecule has 1 aliphatic carbocycles. The monoisotopic (exact) mass is 180 g/mol. The topological polar surface area (TPSA) is 17.1 Å². The molecule has 1 aromatic rings. The number of hydrogen-bond donors (Lipinski definition) is 0. The third kappa shape index (κ3) is 1.73. The van der Waals surface area contributed by atoms with Gasteiger partial charge in [-0.3, -0.25) is 0 Å². The van der Waals surface area contributed by atoms with Gasteiger partial charge in [0.15, 0.2) is 0 Å². The molecule has 0 fully saturated rings. The SMILES string of the molecule is O=C=C1[CH]C(c2[c]cccc2)=CC=C1. The Bertz CT molecular complexity index is 432. The molecule has 14 heavy (non-hydrogen) atoms. The van der Waals surface area contributed by atoms with Crippen LogP contribution >= 0.6 is 0 Å². The lowest BCUT2D eigenvalue weighted by molar-refractivity contribution is 0.568. The summed E-state index contributed by atoms with van der Waals surface area (Å²) < 4.78 is 0. The van der Waals surface area contributed by atoms with E-state index in [4.69, 9.17) is 0 Å². The molecule has 0 atom stereocenters. The normalized spacial score (nSPS) is 14.9. The molecule has 0 saturated heterocycles. The Kier molecular flexibility index (Phi) is 2.44. The largest absolute Gasteiger partial charge is 0.233 e. The van der Waals surface area contributed by atoms with Crippen LogP contribution in [0.3, 0.4) is 0 Å². The second-order valence-electron chi connectivity index (χ2n) is 2.96. The van der Waals surface area contributed by atoms with Gasteiger partial charge in [-0.15, -0.1) is 0 Å². The van der Waals surface area contributed by atoms with Crippen LogP contribution in [-0.4, -0.2) is 5.94 Å². The zero-order chi connectivity index (χ0) is 9.80. The van der Waals surface area contributed by atoms with E-state index in [2.05, 4.69) is 6.07 Å². The van der Waals surface area contributed by atoms with Crippen LogP contribution in [0, 0.1) is 12.5 Å². The highest BCUT2D eigenvalue weighted by Crippen LogP contribution is 2.23. The van der Waals surface area contributed by atoms with E-state index in [1.807, 2.05) is 42.4 Å². The van der Waals surface area contributed by atoms with Crippen molar-refractivity contribution in [1.82, 2.24) is 0 Å². The van der Waals surface area contributed by atoms with Crippen molar-refractivity contribution in [3.8, 4) is 0 Å². The minimum atomic E-state index is 0.569. The van der Waals surface area contributed by atoms with Crippen molar-refractivity contribution in [3.05, 3.63) is 66.1 Å². The van der Waals surface area contributed by atoms with Crippen LogP contribution in [0.25, 0.3) is 5.57 Å². The van der Waals surface area contributed by atoms with E-state index in [-0.39, 0.29) is 0 Å². The molecule has 0 N–H and O–H groups in total. The Morgan fingerprint density at radius 2 is 2.21 bits per heavy atom. The summed E-state index contributed by atoms with van der Waals surface area (Å²) >= 11 is 0. The van der Waals surface area contributed by atoms with Crippen molar-refractivity contribution < 1.29 is 4.79 Å². The van der Waals surface area contributed by atoms with Gasteiger partial charge < -0.3 is 0 Å². The quantitative estimate of drug-likeness (QED) is 0.606. The van der Waals surface area contributed by atoms with Gasteiger partial charge in [-0.25, -0.2) is 4.79 Å². The molecule has 1 heteroatoms. The van der Waals surface area contributed by atoms with Gasteiger partial charge in [-0.05, 0) is 23.3 Å². The number of carbonyl (C=O) groups excluding carboxylic acids is 1. The van der Waals surface area contributed by atoms with Crippen molar-refractivity contribution in [2.75, 3.05) is 0 Å². The summed E-state index contributed by atoms with van der Waals surface area (Å²) in [6.07, 6.45) is 7.33. The summed E-state index contributed by atoms with van der Waals surface area (Å²) in [7, 11) is 0. The molecule has 1 aromatic carbocycles. The lowest BCUT2D eigenvalue weighted by Gasteiger charge is -2.08. The van der Waals surface area contributed by atoms with E-state index >= 15 is 0 Å². The number of hydrogen-bond acceptors (Lipinski definition) is 1. The molecule has 0 spiro atoms. The van der Waals surface area contributed by atoms with Crippen LogP contribution in [0.5, 0.6) is 0 Å². The lowest BCUT2D eigenvalue weighted by Crippen LogP contribution is -1.92. The van der Waals surface area contributed by atoms with Crippen molar-refractivity contribution in [2.24, 2.45) is 0 Å². The van der Waals surface area contributed by atoms with Gasteiger partial charge in [0.05, 0.1) is 0 Å². The van der Waals surface area contributed by atoms with Gasteiger partial charge in [0.25, 0.3) is 0 Å². The number of allylic oxidation sites excluding steroid dienone is 5. The van der Waals surface area contributed by atoms with Crippen LogP contribution in [0.15, 0.2) is 48.1 Å². The average molecular weight is 180 g/mol. The molecular formula is C13H8O. The maximum atomic E-state index is 10.5. The molecule has 2 radical (unpaired) electrons. The predicted octanol–water partition coefficient (Wildman–Crippen LogP) is 2.40. The summed E-state index contributed by atoms with van der Waals surface area (Å²) in [4.78, 5) is 10.5. The average Bonchev–Trinajstić information content (AvgIpc) is 2.30. The summed E-state index contributed by atoms with van der Waals surface area (Å²) in [5, 5.41) is 0. The molecule has 0 amide bonds. The number of rotatable bonds is 1. The second-order valence-corrected chi connectivity index (χ2v) is 2.96. The fourth-order valence-corrected chi connectivity index (χ4v) is 1.32. The summed E-state index contributed by atoms with van der Waals surface area (Å²) in [5.74, 6) is 1.87. The Morgan fingerprint density at radius 1 is 1.29 bits per heavy atom. The van der Waals surface area contributed by atoms with Crippen LogP contribution in [0.4, 0.5) is 0 Å². The van der Waals surface area contributed by atoms with Gasteiger partial charge in [0.2, 0.25) is 0 Å². The minimum absolute atomic E-state index is 0.569. The minimum Gasteiger partial charge on any atom is -0.233 e. The van der Waals surface area contributed by atoms with E-state index in [1.165, 1.54) is 0 Å². The third-order valence-electron chi connectivity index (χ3n) is 2.00. The first-order chi connectivity index (χ1) is 6.90. The highest BCUT2D eigenvalue weighted by molar-refractivity contribution is 5.83. The van der Waals surface area contributed by atoms with Crippen LogP contribution in [0.1, 0.15) is 5.56 Å². The van der Waals surface area contributed by atoms with Crippen molar-refractivity contribution in [3.63, 3.8) is 0 Å². The van der Waals surface area contributed by atoms with Crippen molar-refractivity contribution >= 4 is 11.5 Å². The maximum Gasteiger partial charge on any atom is 0.128 e. The molecule has 1 nitrogen and oxygen atoms in total. The molecule has 66 valence electrons. The predicted molar refractivity (Wildman–Crippen MR) is 55.9 cm³/mol. The van der Waals surface area contributed by atoms with Gasteiger partial charge in [0, 0.05) is 12.0 Å². The van der Waals surface area contributed by atoms with Gasteiger partial charge in [-0.1, -0.05) is 36.4 Å². The molecular weight excluding hydrogens is 172 g/mol. The first-order valence-corrected chi connectivity index (χ1v) is 4.35. The standard InChI is InChI=1S/C13H8O/c14-10-11-5-4-8-13(9-11)12-6-2-1-3-7-12/h1-6,8-9H. The Labute approximate surface area is 83.1 Å². The first-order valence-electron chi connectivity index (χ1n) is 4.35. The summed E-state index contributed by atoms with van der Waals surface area (Å²) in [6, 6.07) is 10.8. The van der Waals surface area contributed by atoms with E-state index < -0.39 is 0 Å². The number of benzene rings is 1. The second kappa shape index (κ2) is 3.91. The van der Waals surface area contributed by atoms with Gasteiger partial charge >= 0.3 is 0 Å². The van der Waals surface area contributed by atoms with Gasteiger partial charge in [-0.2, -0.15) is 0 Å². The van der Waals surface area contributed by atoms with Crippen molar-refractivity contribution in [2.45, 2.75) is 0 Å². The molecule has 0 unspecified atom stereocenters. The lowest BCUT2D eigenvalue weighted by atomic mass is 9.95. The Balaban J connectivity index is 2.34. The molecule has 0 aromatic heterocycles. The fraction of sp³-hybridized carbons (Fsp3) is 0. The van der Waals surface area contributed by atoms with Crippen LogP contribution in [0.2, 0.25) is 0 Å².